The number of hydrogen-bond donors (Lipinski definition) is 2. The number of carboxylic acid groups (broad SMARTS) is 1. The van der Waals surface area contributed by atoms with Gasteiger partial charge in [0.1, 0.15) is 5.69 Å². The Balaban J connectivity index is 1.58. The maximum atomic E-state index is 10.9. The lowest BCUT2D eigenvalue weighted by atomic mass is 9.86. The first-order valence-electron chi connectivity index (χ1n) is 7.09. The van der Waals surface area contributed by atoms with Gasteiger partial charge in [0.05, 0.1) is 5.92 Å². The predicted octanol–water partition coefficient (Wildman–Crippen LogP) is 3.26. The number of benzene rings is 1. The molecule has 0 atom stereocenters. The molecule has 0 radical (unpaired) electrons. The van der Waals surface area contributed by atoms with Gasteiger partial charge in [-0.25, -0.2) is 0 Å². The normalized spacial score (nSPS) is 21.9. The van der Waals surface area contributed by atoms with Crippen LogP contribution in [-0.4, -0.2) is 26.7 Å². The zero-order chi connectivity index (χ0) is 14.7. The summed E-state index contributed by atoms with van der Waals surface area (Å²) >= 11 is 1.34. The van der Waals surface area contributed by atoms with Crippen molar-refractivity contribution < 1.29 is 9.90 Å². The second-order valence-electron chi connectivity index (χ2n) is 5.40. The van der Waals surface area contributed by atoms with E-state index in [9.17, 15) is 4.79 Å². The average Bonchev–Trinajstić information content (AvgIpc) is 3.03. The van der Waals surface area contributed by atoms with Crippen molar-refractivity contribution in [3.05, 3.63) is 29.6 Å². The number of carboxylic acids is 1. The molecule has 0 saturated heterocycles. The smallest absolute Gasteiger partial charge is 0.306 e. The van der Waals surface area contributed by atoms with Gasteiger partial charge in [0, 0.05) is 22.7 Å². The highest BCUT2D eigenvalue weighted by molar-refractivity contribution is 7.03. The van der Waals surface area contributed by atoms with Crippen LogP contribution in [-0.2, 0) is 4.79 Å². The Labute approximate surface area is 127 Å². The first kappa shape index (κ1) is 14.0. The van der Waals surface area contributed by atoms with Crippen LogP contribution in [0.15, 0.2) is 29.6 Å². The van der Waals surface area contributed by atoms with Crippen molar-refractivity contribution >= 4 is 23.2 Å². The molecule has 1 heterocycles. The quantitative estimate of drug-likeness (QED) is 0.906. The fraction of sp³-hybridized carbons (Fsp3) is 0.400. The molecule has 1 aliphatic carbocycles. The van der Waals surface area contributed by atoms with Crippen molar-refractivity contribution in [1.82, 2.24) is 9.59 Å². The third-order valence-corrected chi connectivity index (χ3v) is 4.49. The van der Waals surface area contributed by atoms with Gasteiger partial charge in [0.15, 0.2) is 0 Å². The van der Waals surface area contributed by atoms with Crippen LogP contribution in [0.5, 0.6) is 0 Å². The first-order chi connectivity index (χ1) is 10.2. The summed E-state index contributed by atoms with van der Waals surface area (Å²) in [6, 6.07) is 8.51. The van der Waals surface area contributed by atoms with Gasteiger partial charge in [-0.1, -0.05) is 16.6 Å². The molecular formula is C15H17N3O2S. The number of anilines is 1. The van der Waals surface area contributed by atoms with Gasteiger partial charge >= 0.3 is 5.97 Å². The molecule has 2 N–H and O–H groups in total. The third-order valence-electron chi connectivity index (χ3n) is 3.99. The van der Waals surface area contributed by atoms with E-state index in [0.717, 1.165) is 42.6 Å². The zero-order valence-corrected chi connectivity index (χ0v) is 12.3. The number of aromatic nitrogens is 2. The molecule has 5 nitrogen and oxygen atoms in total. The van der Waals surface area contributed by atoms with Crippen LogP contribution in [0.2, 0.25) is 0 Å². The van der Waals surface area contributed by atoms with E-state index in [-0.39, 0.29) is 5.92 Å². The van der Waals surface area contributed by atoms with Crippen LogP contribution in [0.3, 0.4) is 0 Å². The van der Waals surface area contributed by atoms with Gasteiger partial charge < -0.3 is 10.4 Å². The van der Waals surface area contributed by atoms with Gasteiger partial charge in [-0.05, 0) is 49.3 Å². The number of nitrogens with one attached hydrogen (secondary N) is 1. The second-order valence-corrected chi connectivity index (χ2v) is 6.01. The van der Waals surface area contributed by atoms with E-state index >= 15 is 0 Å². The van der Waals surface area contributed by atoms with Crippen LogP contribution < -0.4 is 5.32 Å². The van der Waals surface area contributed by atoms with E-state index in [1.54, 1.807) is 0 Å². The molecule has 0 spiro atoms. The molecule has 21 heavy (non-hydrogen) atoms. The monoisotopic (exact) mass is 303 g/mol. The number of aliphatic carboxylic acids is 1. The first-order valence-corrected chi connectivity index (χ1v) is 7.93. The Bertz CT molecular complexity index is 590. The summed E-state index contributed by atoms with van der Waals surface area (Å²) < 4.78 is 3.86. The van der Waals surface area contributed by atoms with Crippen LogP contribution in [0.25, 0.3) is 11.3 Å². The molecular weight excluding hydrogens is 286 g/mol. The van der Waals surface area contributed by atoms with Crippen molar-refractivity contribution in [2.45, 2.75) is 31.7 Å². The molecule has 1 saturated carbocycles. The van der Waals surface area contributed by atoms with Crippen LogP contribution in [0, 0.1) is 5.92 Å². The maximum Gasteiger partial charge on any atom is 0.306 e. The molecule has 6 heteroatoms. The van der Waals surface area contributed by atoms with Gasteiger partial charge in [-0.3, -0.25) is 4.79 Å². The standard InChI is InChI=1S/C15H17N3O2S/c19-15(20)11-3-7-13(8-4-11)16-12-5-1-10(2-6-12)14-9-21-18-17-14/h1-2,5-6,9,11,13,16H,3-4,7-8H2,(H,19,20). The number of hydrogen-bond acceptors (Lipinski definition) is 5. The Morgan fingerprint density at radius 2 is 1.90 bits per heavy atom. The van der Waals surface area contributed by atoms with Gasteiger partial charge in [0.2, 0.25) is 0 Å². The van der Waals surface area contributed by atoms with Crippen molar-refractivity contribution in [2.75, 3.05) is 5.32 Å². The Hall–Kier alpha value is -1.95. The van der Waals surface area contributed by atoms with Crippen molar-refractivity contribution in [1.29, 1.82) is 0 Å². The SMILES string of the molecule is O=C(O)C1CCC(Nc2ccc(-c3csnn3)cc2)CC1. The van der Waals surface area contributed by atoms with E-state index in [1.165, 1.54) is 11.5 Å². The molecule has 0 aliphatic heterocycles. The lowest BCUT2D eigenvalue weighted by Gasteiger charge is -2.27. The minimum atomic E-state index is -0.658. The summed E-state index contributed by atoms with van der Waals surface area (Å²) in [6.07, 6.45) is 3.34. The van der Waals surface area contributed by atoms with Crippen LogP contribution in [0.1, 0.15) is 25.7 Å². The molecule has 1 fully saturated rings. The van der Waals surface area contributed by atoms with Crippen molar-refractivity contribution in [3.63, 3.8) is 0 Å². The van der Waals surface area contributed by atoms with Crippen molar-refractivity contribution in [3.8, 4) is 11.3 Å². The number of nitrogens with zero attached hydrogens (tertiary/aromatic N) is 2. The second kappa shape index (κ2) is 6.22. The summed E-state index contributed by atoms with van der Waals surface area (Å²) in [5, 5.41) is 18.5. The molecule has 0 bridgehead atoms. The molecule has 110 valence electrons. The molecule has 2 aromatic rings. The molecule has 0 amide bonds. The van der Waals surface area contributed by atoms with Crippen molar-refractivity contribution in [2.24, 2.45) is 5.92 Å². The van der Waals surface area contributed by atoms with E-state index in [2.05, 4.69) is 14.9 Å². The fourth-order valence-electron chi connectivity index (χ4n) is 2.75. The predicted molar refractivity (Wildman–Crippen MR) is 82.3 cm³/mol. The zero-order valence-electron chi connectivity index (χ0n) is 11.5. The van der Waals surface area contributed by atoms with Gasteiger partial charge in [-0.15, -0.1) is 5.10 Å². The minimum Gasteiger partial charge on any atom is -0.481 e. The van der Waals surface area contributed by atoms with E-state index in [4.69, 9.17) is 5.11 Å². The van der Waals surface area contributed by atoms with E-state index in [1.807, 2.05) is 29.6 Å². The topological polar surface area (TPSA) is 75.1 Å². The van der Waals surface area contributed by atoms with E-state index in [0.29, 0.717) is 6.04 Å². The van der Waals surface area contributed by atoms with E-state index < -0.39 is 5.97 Å². The lowest BCUT2D eigenvalue weighted by Crippen LogP contribution is -2.29. The molecule has 1 aromatic carbocycles. The molecule has 0 unspecified atom stereocenters. The summed E-state index contributed by atoms with van der Waals surface area (Å²) in [6.45, 7) is 0. The molecule has 1 aliphatic rings. The summed E-state index contributed by atoms with van der Waals surface area (Å²) in [7, 11) is 0. The minimum absolute atomic E-state index is 0.164. The Morgan fingerprint density at radius 3 is 2.48 bits per heavy atom. The largest absolute Gasteiger partial charge is 0.481 e. The highest BCUT2D eigenvalue weighted by atomic mass is 32.1. The fourth-order valence-corrected chi connectivity index (χ4v) is 3.21. The maximum absolute atomic E-state index is 10.9. The third kappa shape index (κ3) is 3.39. The van der Waals surface area contributed by atoms with Crippen LogP contribution >= 0.6 is 11.5 Å². The summed E-state index contributed by atoms with van der Waals surface area (Å²) in [5.41, 5.74) is 3.03. The molecule has 1 aromatic heterocycles. The molecule has 3 rings (SSSR count). The van der Waals surface area contributed by atoms with Crippen LogP contribution in [0.4, 0.5) is 5.69 Å². The Kier molecular flexibility index (Phi) is 4.15. The summed E-state index contributed by atoms with van der Waals surface area (Å²) in [4.78, 5) is 10.9. The average molecular weight is 303 g/mol. The highest BCUT2D eigenvalue weighted by Crippen LogP contribution is 2.27. The number of rotatable bonds is 4. The van der Waals surface area contributed by atoms with Gasteiger partial charge in [-0.2, -0.15) is 0 Å². The van der Waals surface area contributed by atoms with Gasteiger partial charge in [0.25, 0.3) is 0 Å². The highest BCUT2D eigenvalue weighted by Gasteiger charge is 2.25. The Morgan fingerprint density at radius 1 is 1.19 bits per heavy atom. The number of carbonyl (C=O) groups is 1. The lowest BCUT2D eigenvalue weighted by molar-refractivity contribution is -0.142. The summed E-state index contributed by atoms with van der Waals surface area (Å²) in [5.74, 6) is -0.822.